The Hall–Kier alpha value is -0.700. The Labute approximate surface area is 98.7 Å². The van der Waals surface area contributed by atoms with Gasteiger partial charge in [-0.25, -0.2) is 0 Å². The largest absolute Gasteiger partial charge is 0.486 e. The molecule has 82 valence electrons. The molecule has 2 unspecified atom stereocenters. The lowest BCUT2D eigenvalue weighted by molar-refractivity contribution is 0.169. The van der Waals surface area contributed by atoms with Crippen LogP contribution in [0.4, 0.5) is 0 Å². The summed E-state index contributed by atoms with van der Waals surface area (Å²) in [6.45, 7) is 5.63. The van der Waals surface area contributed by atoms with Crippen molar-refractivity contribution >= 4 is 15.9 Å². The first-order chi connectivity index (χ1) is 7.20. The molecule has 1 aliphatic rings. The van der Waals surface area contributed by atoms with E-state index in [1.54, 1.807) is 0 Å². The summed E-state index contributed by atoms with van der Waals surface area (Å²) in [5, 5.41) is 0. The van der Waals surface area contributed by atoms with Crippen LogP contribution in [-0.4, -0.2) is 18.0 Å². The predicted octanol–water partition coefficient (Wildman–Crippen LogP) is 3.34. The van der Waals surface area contributed by atoms with Crippen molar-refractivity contribution in [2.24, 2.45) is 0 Å². The minimum absolute atomic E-state index is 0.418. The Kier molecular flexibility index (Phi) is 3.19. The van der Waals surface area contributed by atoms with Crippen LogP contribution in [0, 0.1) is 0 Å². The van der Waals surface area contributed by atoms with Crippen molar-refractivity contribution in [1.29, 1.82) is 0 Å². The summed E-state index contributed by atoms with van der Waals surface area (Å²) in [6, 6.07) is 6.09. The minimum Gasteiger partial charge on any atom is -0.486 e. The fourth-order valence-corrected chi connectivity index (χ4v) is 1.99. The molecule has 2 nitrogen and oxygen atoms in total. The van der Waals surface area contributed by atoms with E-state index in [1.165, 1.54) is 5.56 Å². The molecule has 1 aromatic carbocycles. The number of rotatable bonds is 2. The molecule has 3 heteroatoms. The molecule has 2 rings (SSSR count). The molecule has 1 aliphatic heterocycles. The molecule has 0 spiro atoms. The van der Waals surface area contributed by atoms with Crippen LogP contribution in [0.3, 0.4) is 0 Å². The van der Waals surface area contributed by atoms with Gasteiger partial charge < -0.3 is 9.47 Å². The van der Waals surface area contributed by atoms with E-state index in [0.717, 1.165) is 11.5 Å². The SMILES string of the molecule is CC(Br)C(C)c1cccc2c1OCCO2. The maximum atomic E-state index is 5.68. The predicted molar refractivity (Wildman–Crippen MR) is 64.2 cm³/mol. The van der Waals surface area contributed by atoms with Crippen LogP contribution < -0.4 is 9.47 Å². The van der Waals surface area contributed by atoms with Crippen molar-refractivity contribution in [3.8, 4) is 11.5 Å². The molecule has 0 saturated carbocycles. The van der Waals surface area contributed by atoms with Gasteiger partial charge in [-0.05, 0) is 12.0 Å². The summed E-state index contributed by atoms with van der Waals surface area (Å²) in [5.41, 5.74) is 1.22. The van der Waals surface area contributed by atoms with E-state index >= 15 is 0 Å². The van der Waals surface area contributed by atoms with Gasteiger partial charge in [0.15, 0.2) is 11.5 Å². The summed E-state index contributed by atoms with van der Waals surface area (Å²) < 4.78 is 11.2. The molecule has 0 fully saturated rings. The second-order valence-corrected chi connectivity index (χ2v) is 5.28. The lowest BCUT2D eigenvalue weighted by atomic mass is 9.97. The molecule has 0 aliphatic carbocycles. The molecule has 2 atom stereocenters. The molecule has 0 saturated heterocycles. The van der Waals surface area contributed by atoms with Crippen molar-refractivity contribution in [3.05, 3.63) is 23.8 Å². The van der Waals surface area contributed by atoms with Gasteiger partial charge in [-0.2, -0.15) is 0 Å². The Morgan fingerprint density at radius 2 is 1.93 bits per heavy atom. The van der Waals surface area contributed by atoms with Gasteiger partial charge in [0.2, 0.25) is 0 Å². The summed E-state index contributed by atoms with van der Waals surface area (Å²) in [6.07, 6.45) is 0. The molecule has 0 radical (unpaired) electrons. The first-order valence-electron chi connectivity index (χ1n) is 5.22. The van der Waals surface area contributed by atoms with Crippen molar-refractivity contribution < 1.29 is 9.47 Å². The number of halogens is 1. The number of benzene rings is 1. The second-order valence-electron chi connectivity index (χ2n) is 3.84. The molecule has 0 amide bonds. The zero-order valence-corrected chi connectivity index (χ0v) is 10.6. The lowest BCUT2D eigenvalue weighted by Crippen LogP contribution is -2.18. The topological polar surface area (TPSA) is 18.5 Å². The van der Waals surface area contributed by atoms with Gasteiger partial charge in [-0.1, -0.05) is 41.9 Å². The molecule has 0 N–H and O–H groups in total. The third-order valence-electron chi connectivity index (χ3n) is 2.78. The smallest absolute Gasteiger partial charge is 0.164 e. The highest BCUT2D eigenvalue weighted by atomic mass is 79.9. The Morgan fingerprint density at radius 3 is 2.67 bits per heavy atom. The lowest BCUT2D eigenvalue weighted by Gasteiger charge is -2.24. The maximum absolute atomic E-state index is 5.68. The van der Waals surface area contributed by atoms with Gasteiger partial charge in [0.1, 0.15) is 13.2 Å². The monoisotopic (exact) mass is 270 g/mol. The Morgan fingerprint density at radius 1 is 1.20 bits per heavy atom. The van der Waals surface area contributed by atoms with Crippen LogP contribution in [-0.2, 0) is 0 Å². The van der Waals surface area contributed by atoms with Gasteiger partial charge in [0.25, 0.3) is 0 Å². The van der Waals surface area contributed by atoms with E-state index in [2.05, 4.69) is 35.8 Å². The zero-order chi connectivity index (χ0) is 10.8. The fourth-order valence-electron chi connectivity index (χ4n) is 1.70. The Balaban J connectivity index is 2.39. The van der Waals surface area contributed by atoms with Crippen LogP contribution in [0.5, 0.6) is 11.5 Å². The van der Waals surface area contributed by atoms with Gasteiger partial charge in [-0.15, -0.1) is 0 Å². The summed E-state index contributed by atoms with van der Waals surface area (Å²) in [7, 11) is 0. The van der Waals surface area contributed by atoms with E-state index in [9.17, 15) is 0 Å². The molecule has 0 aromatic heterocycles. The average Bonchev–Trinajstić information content (AvgIpc) is 2.27. The molecular formula is C12H15BrO2. The Bertz CT molecular complexity index is 349. The first kappa shape index (κ1) is 10.8. The summed E-state index contributed by atoms with van der Waals surface area (Å²) in [5.74, 6) is 2.21. The molecule has 1 heterocycles. The highest BCUT2D eigenvalue weighted by molar-refractivity contribution is 9.09. The number of alkyl halides is 1. The van der Waals surface area contributed by atoms with Gasteiger partial charge in [0.05, 0.1) is 0 Å². The maximum Gasteiger partial charge on any atom is 0.164 e. The first-order valence-corrected chi connectivity index (χ1v) is 6.14. The van der Waals surface area contributed by atoms with E-state index in [4.69, 9.17) is 9.47 Å². The van der Waals surface area contributed by atoms with E-state index in [0.29, 0.717) is 24.0 Å². The normalized spacial score (nSPS) is 18.3. The van der Waals surface area contributed by atoms with E-state index in [1.807, 2.05) is 12.1 Å². The molecular weight excluding hydrogens is 256 g/mol. The van der Waals surface area contributed by atoms with Gasteiger partial charge >= 0.3 is 0 Å². The average molecular weight is 271 g/mol. The van der Waals surface area contributed by atoms with Gasteiger partial charge in [-0.3, -0.25) is 0 Å². The second kappa shape index (κ2) is 4.44. The third-order valence-corrected chi connectivity index (χ3v) is 3.57. The van der Waals surface area contributed by atoms with Crippen molar-refractivity contribution in [1.82, 2.24) is 0 Å². The number of hydrogen-bond acceptors (Lipinski definition) is 2. The number of fused-ring (bicyclic) bond motifs is 1. The van der Waals surface area contributed by atoms with E-state index in [-0.39, 0.29) is 0 Å². The minimum atomic E-state index is 0.418. The van der Waals surface area contributed by atoms with Gasteiger partial charge in [0, 0.05) is 10.4 Å². The fraction of sp³-hybridized carbons (Fsp3) is 0.500. The highest BCUT2D eigenvalue weighted by Crippen LogP contribution is 2.39. The van der Waals surface area contributed by atoms with Crippen molar-refractivity contribution in [3.63, 3.8) is 0 Å². The quantitative estimate of drug-likeness (QED) is 0.768. The van der Waals surface area contributed by atoms with Crippen LogP contribution in [0.25, 0.3) is 0 Å². The van der Waals surface area contributed by atoms with Crippen molar-refractivity contribution in [2.75, 3.05) is 13.2 Å². The molecule has 15 heavy (non-hydrogen) atoms. The summed E-state index contributed by atoms with van der Waals surface area (Å²) >= 11 is 3.61. The molecule has 1 aromatic rings. The third kappa shape index (κ3) is 2.12. The number of hydrogen-bond donors (Lipinski definition) is 0. The van der Waals surface area contributed by atoms with Crippen molar-refractivity contribution in [2.45, 2.75) is 24.6 Å². The van der Waals surface area contributed by atoms with Crippen LogP contribution in [0.2, 0.25) is 0 Å². The number of ether oxygens (including phenoxy) is 2. The van der Waals surface area contributed by atoms with Crippen LogP contribution in [0.1, 0.15) is 25.3 Å². The molecule has 0 bridgehead atoms. The summed E-state index contributed by atoms with van der Waals surface area (Å²) in [4.78, 5) is 0.425. The zero-order valence-electron chi connectivity index (χ0n) is 9.00. The number of para-hydroxylation sites is 1. The van der Waals surface area contributed by atoms with E-state index < -0.39 is 0 Å². The highest BCUT2D eigenvalue weighted by Gasteiger charge is 2.21. The van der Waals surface area contributed by atoms with Crippen LogP contribution >= 0.6 is 15.9 Å². The standard InChI is InChI=1S/C12H15BrO2/c1-8(9(2)13)10-4-3-5-11-12(10)15-7-6-14-11/h3-5,8-9H,6-7H2,1-2H3. The van der Waals surface area contributed by atoms with Crippen LogP contribution in [0.15, 0.2) is 18.2 Å².